The lowest BCUT2D eigenvalue weighted by Crippen LogP contribution is -2.12. The van der Waals surface area contributed by atoms with Crippen molar-refractivity contribution in [2.45, 2.75) is 26.4 Å². The molecule has 19 heavy (non-hydrogen) atoms. The maximum Gasteiger partial charge on any atom is 0.331 e. The Morgan fingerprint density at radius 3 is 2.26 bits per heavy atom. The molecule has 1 atom stereocenters. The van der Waals surface area contributed by atoms with E-state index in [1.165, 1.54) is 0 Å². The quantitative estimate of drug-likeness (QED) is 0.595. The maximum absolute atomic E-state index is 11.9. The summed E-state index contributed by atoms with van der Waals surface area (Å²) in [5.41, 5.74) is 0.943. The summed E-state index contributed by atoms with van der Waals surface area (Å²) in [6.07, 6.45) is 2.38. The summed E-state index contributed by atoms with van der Waals surface area (Å²) in [6.45, 7) is 3.91. The van der Waals surface area contributed by atoms with Gasteiger partial charge in [0.1, 0.15) is 0 Å². The van der Waals surface area contributed by atoms with Gasteiger partial charge in [-0.25, -0.2) is 4.79 Å². The topological polar surface area (TPSA) is 26.3 Å². The molecule has 2 heterocycles. The zero-order valence-electron chi connectivity index (χ0n) is 11.0. The number of carbonyl (C=O) groups excluding carboxylic acids is 1. The first kappa shape index (κ1) is 14.0. The summed E-state index contributed by atoms with van der Waals surface area (Å²) < 4.78 is 5.32. The number of carbonyl (C=O) groups is 1. The molecule has 0 saturated heterocycles. The second-order valence-electron chi connectivity index (χ2n) is 4.17. The highest BCUT2D eigenvalue weighted by molar-refractivity contribution is 7.13. The van der Waals surface area contributed by atoms with Crippen LogP contribution in [0.4, 0.5) is 0 Å². The largest absolute Gasteiger partial charge is 0.460 e. The predicted octanol–water partition coefficient (Wildman–Crippen LogP) is 4.58. The molecular formula is C15H16O2S2. The highest BCUT2D eigenvalue weighted by atomic mass is 32.1. The van der Waals surface area contributed by atoms with E-state index in [0.717, 1.165) is 21.7 Å². The van der Waals surface area contributed by atoms with Crippen LogP contribution in [0.3, 0.4) is 0 Å². The maximum atomic E-state index is 11.9. The summed E-state index contributed by atoms with van der Waals surface area (Å²) >= 11 is 3.25. The first-order valence-corrected chi connectivity index (χ1v) is 7.96. The van der Waals surface area contributed by atoms with Crippen LogP contribution in [0.25, 0.3) is 5.57 Å². The minimum absolute atomic E-state index is 0.0447. The van der Waals surface area contributed by atoms with Gasteiger partial charge in [-0.2, -0.15) is 0 Å². The molecule has 0 bridgehead atoms. The molecule has 0 fully saturated rings. The van der Waals surface area contributed by atoms with E-state index >= 15 is 0 Å². The lowest BCUT2D eigenvalue weighted by molar-refractivity contribution is -0.142. The smallest absolute Gasteiger partial charge is 0.331 e. The normalized spacial score (nSPS) is 11.9. The number of hydrogen-bond donors (Lipinski definition) is 0. The molecule has 100 valence electrons. The fourth-order valence-corrected chi connectivity index (χ4v) is 3.14. The monoisotopic (exact) mass is 292 g/mol. The van der Waals surface area contributed by atoms with Gasteiger partial charge in [-0.3, -0.25) is 0 Å². The van der Waals surface area contributed by atoms with Crippen LogP contribution in [0.15, 0.2) is 41.1 Å². The Morgan fingerprint density at radius 1 is 1.26 bits per heavy atom. The van der Waals surface area contributed by atoms with Crippen LogP contribution in [0.1, 0.15) is 30.0 Å². The summed E-state index contributed by atoms with van der Waals surface area (Å²) in [7, 11) is 0. The van der Waals surface area contributed by atoms with Crippen LogP contribution in [-0.2, 0) is 9.53 Å². The van der Waals surface area contributed by atoms with Crippen LogP contribution in [0.5, 0.6) is 0 Å². The Bertz CT molecular complexity index is 502. The van der Waals surface area contributed by atoms with Gasteiger partial charge in [0.2, 0.25) is 0 Å². The fourth-order valence-electron chi connectivity index (χ4n) is 1.56. The molecule has 0 spiro atoms. The van der Waals surface area contributed by atoms with E-state index in [9.17, 15) is 4.79 Å². The van der Waals surface area contributed by atoms with Crippen molar-refractivity contribution in [2.24, 2.45) is 0 Å². The molecule has 0 aliphatic rings. The van der Waals surface area contributed by atoms with E-state index in [0.29, 0.717) is 0 Å². The average Bonchev–Trinajstić information content (AvgIpc) is 3.08. The zero-order valence-corrected chi connectivity index (χ0v) is 12.6. The Morgan fingerprint density at radius 2 is 1.84 bits per heavy atom. The minimum atomic E-state index is -0.272. The lowest BCUT2D eigenvalue weighted by atomic mass is 10.1. The number of thiophene rings is 2. The van der Waals surface area contributed by atoms with Gasteiger partial charge < -0.3 is 4.74 Å². The van der Waals surface area contributed by atoms with Crippen molar-refractivity contribution in [1.82, 2.24) is 0 Å². The zero-order chi connectivity index (χ0) is 13.7. The molecule has 0 N–H and O–H groups in total. The minimum Gasteiger partial charge on any atom is -0.460 e. The lowest BCUT2D eigenvalue weighted by Gasteiger charge is -2.09. The number of hydrogen-bond acceptors (Lipinski definition) is 4. The van der Waals surface area contributed by atoms with Crippen molar-refractivity contribution < 1.29 is 9.53 Å². The molecule has 1 unspecified atom stereocenters. The van der Waals surface area contributed by atoms with Gasteiger partial charge in [-0.15, -0.1) is 22.7 Å². The molecule has 2 nitrogen and oxygen atoms in total. The molecule has 0 aromatic carbocycles. The van der Waals surface area contributed by atoms with Gasteiger partial charge >= 0.3 is 5.97 Å². The van der Waals surface area contributed by atoms with E-state index in [1.54, 1.807) is 28.7 Å². The van der Waals surface area contributed by atoms with Crippen LogP contribution < -0.4 is 0 Å². The molecule has 0 amide bonds. The van der Waals surface area contributed by atoms with E-state index in [2.05, 4.69) is 0 Å². The molecular weight excluding hydrogens is 276 g/mol. The molecule has 0 radical (unpaired) electrons. The number of esters is 1. The van der Waals surface area contributed by atoms with Gasteiger partial charge in [0.25, 0.3) is 0 Å². The van der Waals surface area contributed by atoms with Gasteiger partial charge in [0.15, 0.2) is 0 Å². The Kier molecular flexibility index (Phi) is 4.93. The highest BCUT2D eigenvalue weighted by Crippen LogP contribution is 2.30. The van der Waals surface area contributed by atoms with E-state index < -0.39 is 0 Å². The second-order valence-corrected chi connectivity index (χ2v) is 6.06. The molecule has 0 saturated carbocycles. The number of rotatable bonds is 5. The van der Waals surface area contributed by atoms with Crippen LogP contribution in [0, 0.1) is 0 Å². The van der Waals surface area contributed by atoms with Crippen molar-refractivity contribution in [3.8, 4) is 0 Å². The van der Waals surface area contributed by atoms with Crippen molar-refractivity contribution in [2.75, 3.05) is 0 Å². The first-order valence-electron chi connectivity index (χ1n) is 6.20. The van der Waals surface area contributed by atoms with Crippen LogP contribution in [-0.4, -0.2) is 12.1 Å². The highest BCUT2D eigenvalue weighted by Gasteiger charge is 2.12. The Hall–Kier alpha value is -1.39. The molecule has 2 rings (SSSR count). The average molecular weight is 292 g/mol. The first-order chi connectivity index (χ1) is 9.20. The van der Waals surface area contributed by atoms with Gasteiger partial charge in [0.05, 0.1) is 6.10 Å². The van der Waals surface area contributed by atoms with Gasteiger partial charge in [-0.1, -0.05) is 19.1 Å². The van der Waals surface area contributed by atoms with Crippen LogP contribution in [0.2, 0.25) is 0 Å². The van der Waals surface area contributed by atoms with Crippen molar-refractivity contribution in [3.63, 3.8) is 0 Å². The third-order valence-corrected chi connectivity index (χ3v) is 4.53. The number of ether oxygens (including phenoxy) is 1. The third kappa shape index (κ3) is 3.78. The second kappa shape index (κ2) is 6.68. The molecule has 4 heteroatoms. The summed E-state index contributed by atoms with van der Waals surface area (Å²) in [5, 5.41) is 4.02. The van der Waals surface area contributed by atoms with Crippen molar-refractivity contribution >= 4 is 34.2 Å². The predicted molar refractivity (Wildman–Crippen MR) is 81.6 cm³/mol. The Balaban J connectivity index is 2.26. The van der Waals surface area contributed by atoms with Crippen molar-refractivity contribution in [1.29, 1.82) is 0 Å². The summed E-state index contributed by atoms with van der Waals surface area (Å²) in [5.74, 6) is -0.272. The van der Waals surface area contributed by atoms with E-state index in [1.807, 2.05) is 48.9 Å². The fraction of sp³-hybridized carbons (Fsp3) is 0.267. The summed E-state index contributed by atoms with van der Waals surface area (Å²) in [4.78, 5) is 14.1. The molecule has 0 aliphatic carbocycles. The van der Waals surface area contributed by atoms with E-state index in [4.69, 9.17) is 4.74 Å². The molecule has 2 aromatic rings. The van der Waals surface area contributed by atoms with Crippen molar-refractivity contribution in [3.05, 3.63) is 50.9 Å². The Labute approximate surface area is 121 Å². The summed E-state index contributed by atoms with van der Waals surface area (Å²) in [6, 6.07) is 8.02. The van der Waals surface area contributed by atoms with E-state index in [-0.39, 0.29) is 12.1 Å². The molecule has 0 aliphatic heterocycles. The SMILES string of the molecule is CCC(C)OC(=O)C=C(c1cccs1)c1cccs1. The third-order valence-electron chi connectivity index (χ3n) is 2.73. The molecule has 2 aromatic heterocycles. The van der Waals surface area contributed by atoms with Crippen LogP contribution >= 0.6 is 22.7 Å². The standard InChI is InChI=1S/C15H16O2S2/c1-3-11(2)17-15(16)10-12(13-6-4-8-18-13)14-7-5-9-19-14/h4-11H,3H2,1-2H3. The van der Waals surface area contributed by atoms with Gasteiger partial charge in [0, 0.05) is 21.4 Å². The van der Waals surface area contributed by atoms with Gasteiger partial charge in [-0.05, 0) is 36.2 Å².